The van der Waals surface area contributed by atoms with Crippen molar-refractivity contribution in [2.24, 2.45) is 0 Å². The van der Waals surface area contributed by atoms with Crippen molar-refractivity contribution in [2.45, 2.75) is 0 Å². The molecule has 110 valence electrons. The number of benzene rings is 1. The number of carbonyl (C=O) groups is 1. The minimum Gasteiger partial charge on any atom is -0.486 e. The summed E-state index contributed by atoms with van der Waals surface area (Å²) in [5.41, 5.74) is 0.991. The summed E-state index contributed by atoms with van der Waals surface area (Å²) in [6.07, 6.45) is 0. The van der Waals surface area contributed by atoms with Gasteiger partial charge in [0.2, 0.25) is 0 Å². The van der Waals surface area contributed by atoms with E-state index in [9.17, 15) is 4.79 Å². The summed E-state index contributed by atoms with van der Waals surface area (Å²) in [4.78, 5) is 13.4. The molecule has 0 bridgehead atoms. The molecule has 1 aliphatic rings. The van der Waals surface area contributed by atoms with Crippen molar-refractivity contribution in [2.75, 3.05) is 26.4 Å². The van der Waals surface area contributed by atoms with Crippen LogP contribution < -0.4 is 14.8 Å². The molecule has 1 aromatic heterocycles. The summed E-state index contributed by atoms with van der Waals surface area (Å²) in [6.45, 7) is 1.32. The lowest BCUT2D eigenvalue weighted by Gasteiger charge is -2.18. The Kier molecular flexibility index (Phi) is 4.08. The predicted octanol–water partition coefficient (Wildman–Crippen LogP) is 1.91. The normalized spacial score (nSPS) is 13.0. The maximum Gasteiger partial charge on any atom is 0.261 e. The van der Waals surface area contributed by atoms with Gasteiger partial charge >= 0.3 is 0 Å². The third kappa shape index (κ3) is 3.01. The molecule has 0 atom stereocenters. The van der Waals surface area contributed by atoms with E-state index in [4.69, 9.17) is 14.6 Å². The van der Waals surface area contributed by atoms with Crippen molar-refractivity contribution in [1.29, 1.82) is 0 Å². The second-order valence-corrected chi connectivity index (χ2v) is 5.59. The van der Waals surface area contributed by atoms with Crippen LogP contribution in [0.4, 0.5) is 0 Å². The molecule has 0 saturated heterocycles. The average molecular weight is 305 g/mol. The van der Waals surface area contributed by atoms with Crippen molar-refractivity contribution in [3.63, 3.8) is 0 Å². The van der Waals surface area contributed by atoms with E-state index in [0.29, 0.717) is 18.1 Å². The fourth-order valence-electron chi connectivity index (χ4n) is 2.07. The third-order valence-corrected chi connectivity index (χ3v) is 4.19. The lowest BCUT2D eigenvalue weighted by atomic mass is 10.1. The monoisotopic (exact) mass is 305 g/mol. The highest BCUT2D eigenvalue weighted by Crippen LogP contribution is 2.36. The zero-order chi connectivity index (χ0) is 14.7. The molecule has 0 saturated carbocycles. The summed E-state index contributed by atoms with van der Waals surface area (Å²) in [5.74, 6) is 1.32. The van der Waals surface area contributed by atoms with Gasteiger partial charge in [0, 0.05) is 11.4 Å². The molecule has 0 fully saturated rings. The summed E-state index contributed by atoms with van der Waals surface area (Å²) < 4.78 is 11.1. The molecule has 5 nitrogen and oxygen atoms in total. The van der Waals surface area contributed by atoms with Crippen molar-refractivity contribution >= 4 is 17.2 Å². The number of nitrogens with one attached hydrogen (secondary N) is 1. The molecule has 0 aliphatic carbocycles. The highest BCUT2D eigenvalue weighted by atomic mass is 32.1. The number of carbonyl (C=O) groups excluding carboxylic acids is 1. The third-order valence-electron chi connectivity index (χ3n) is 3.05. The standard InChI is InChI=1S/C15H15NO4S/c17-6-5-16-15(18)14-4-3-13(21-14)10-1-2-11-12(9-10)20-8-7-19-11/h1-4,9,17H,5-8H2,(H,16,18). The summed E-state index contributed by atoms with van der Waals surface area (Å²) in [6, 6.07) is 9.45. The number of aliphatic hydroxyl groups excluding tert-OH is 1. The lowest BCUT2D eigenvalue weighted by Crippen LogP contribution is -2.25. The van der Waals surface area contributed by atoms with E-state index in [1.165, 1.54) is 11.3 Å². The van der Waals surface area contributed by atoms with Gasteiger partial charge in [-0.25, -0.2) is 0 Å². The molecule has 0 radical (unpaired) electrons. The maximum atomic E-state index is 11.8. The molecule has 1 aliphatic heterocycles. The zero-order valence-corrected chi connectivity index (χ0v) is 12.1. The number of hydrogen-bond acceptors (Lipinski definition) is 5. The molecule has 2 heterocycles. The van der Waals surface area contributed by atoms with Crippen molar-refractivity contribution in [3.05, 3.63) is 35.2 Å². The van der Waals surface area contributed by atoms with Gasteiger partial charge in [-0.15, -0.1) is 11.3 Å². The number of aliphatic hydroxyl groups is 1. The molecule has 0 unspecified atom stereocenters. The van der Waals surface area contributed by atoms with Crippen LogP contribution >= 0.6 is 11.3 Å². The highest BCUT2D eigenvalue weighted by molar-refractivity contribution is 7.17. The molecule has 3 rings (SSSR count). The molecular formula is C15H15NO4S. The molecule has 1 amide bonds. The Morgan fingerprint density at radius 1 is 1.19 bits per heavy atom. The van der Waals surface area contributed by atoms with E-state index in [1.54, 1.807) is 6.07 Å². The lowest BCUT2D eigenvalue weighted by molar-refractivity contribution is 0.0949. The molecule has 1 aromatic carbocycles. The van der Waals surface area contributed by atoms with Gasteiger partial charge in [-0.2, -0.15) is 0 Å². The number of rotatable bonds is 4. The molecule has 0 spiro atoms. The number of amides is 1. The second-order valence-electron chi connectivity index (χ2n) is 4.50. The van der Waals surface area contributed by atoms with E-state index < -0.39 is 0 Å². The van der Waals surface area contributed by atoms with E-state index >= 15 is 0 Å². The Morgan fingerprint density at radius 3 is 2.81 bits per heavy atom. The molecule has 2 aromatic rings. The van der Waals surface area contributed by atoms with Gasteiger partial charge < -0.3 is 19.9 Å². The SMILES string of the molecule is O=C(NCCO)c1ccc(-c2ccc3c(c2)OCCO3)s1. The van der Waals surface area contributed by atoms with Crippen LogP contribution in [-0.4, -0.2) is 37.4 Å². The van der Waals surface area contributed by atoms with Crippen LogP contribution in [0.3, 0.4) is 0 Å². The van der Waals surface area contributed by atoms with Crippen LogP contribution in [0.15, 0.2) is 30.3 Å². The summed E-state index contributed by atoms with van der Waals surface area (Å²) >= 11 is 1.41. The Morgan fingerprint density at radius 2 is 2.00 bits per heavy atom. The second kappa shape index (κ2) is 6.15. The topological polar surface area (TPSA) is 67.8 Å². The van der Waals surface area contributed by atoms with Gasteiger partial charge in [-0.1, -0.05) is 0 Å². The van der Waals surface area contributed by atoms with Gasteiger partial charge in [0.05, 0.1) is 11.5 Å². The first-order valence-corrected chi connectivity index (χ1v) is 7.48. The first-order valence-electron chi connectivity index (χ1n) is 6.67. The van der Waals surface area contributed by atoms with E-state index in [1.807, 2.05) is 24.3 Å². The minimum atomic E-state index is -0.169. The van der Waals surface area contributed by atoms with Gasteiger partial charge in [-0.05, 0) is 35.9 Å². The zero-order valence-electron chi connectivity index (χ0n) is 11.3. The number of hydrogen-bond donors (Lipinski definition) is 2. The smallest absolute Gasteiger partial charge is 0.261 e. The van der Waals surface area contributed by atoms with Crippen molar-refractivity contribution < 1.29 is 19.4 Å². The largest absolute Gasteiger partial charge is 0.486 e. The number of fused-ring (bicyclic) bond motifs is 1. The van der Waals surface area contributed by atoms with Gasteiger partial charge in [-0.3, -0.25) is 4.79 Å². The van der Waals surface area contributed by atoms with Crippen LogP contribution in [-0.2, 0) is 0 Å². The molecule has 6 heteroatoms. The molecular weight excluding hydrogens is 290 g/mol. The van der Waals surface area contributed by atoms with Crippen LogP contribution in [0.2, 0.25) is 0 Å². The summed E-state index contributed by atoms with van der Waals surface area (Å²) in [7, 11) is 0. The number of thiophene rings is 1. The Bertz CT molecular complexity index is 653. The van der Waals surface area contributed by atoms with E-state index in [0.717, 1.165) is 21.9 Å². The first kappa shape index (κ1) is 13.9. The van der Waals surface area contributed by atoms with E-state index in [-0.39, 0.29) is 19.1 Å². The molecule has 21 heavy (non-hydrogen) atoms. The predicted molar refractivity (Wildman–Crippen MR) is 80.2 cm³/mol. The van der Waals surface area contributed by atoms with Crippen LogP contribution in [0.1, 0.15) is 9.67 Å². The van der Waals surface area contributed by atoms with Crippen molar-refractivity contribution in [3.8, 4) is 21.9 Å². The first-order chi connectivity index (χ1) is 10.3. The number of ether oxygens (including phenoxy) is 2. The molecule has 2 N–H and O–H groups in total. The Hall–Kier alpha value is -2.05. The quantitative estimate of drug-likeness (QED) is 0.905. The fraction of sp³-hybridized carbons (Fsp3) is 0.267. The maximum absolute atomic E-state index is 11.8. The van der Waals surface area contributed by atoms with Crippen LogP contribution in [0.25, 0.3) is 10.4 Å². The van der Waals surface area contributed by atoms with Crippen LogP contribution in [0.5, 0.6) is 11.5 Å². The Balaban J connectivity index is 1.81. The van der Waals surface area contributed by atoms with Gasteiger partial charge in [0.15, 0.2) is 11.5 Å². The average Bonchev–Trinajstić information content (AvgIpc) is 3.02. The fourth-order valence-corrected chi connectivity index (χ4v) is 2.99. The Labute approximate surface area is 126 Å². The van der Waals surface area contributed by atoms with Gasteiger partial charge in [0.25, 0.3) is 5.91 Å². The van der Waals surface area contributed by atoms with Crippen molar-refractivity contribution in [1.82, 2.24) is 5.32 Å². The highest BCUT2D eigenvalue weighted by Gasteiger charge is 2.14. The van der Waals surface area contributed by atoms with E-state index in [2.05, 4.69) is 5.32 Å². The van der Waals surface area contributed by atoms with Crippen LogP contribution in [0, 0.1) is 0 Å². The summed E-state index contributed by atoms with van der Waals surface area (Å²) in [5, 5.41) is 11.4. The van der Waals surface area contributed by atoms with Gasteiger partial charge in [0.1, 0.15) is 13.2 Å². The minimum absolute atomic E-state index is 0.0634.